The third-order valence-corrected chi connectivity index (χ3v) is 3.73. The lowest BCUT2D eigenvalue weighted by Crippen LogP contribution is -1.98. The van der Waals surface area contributed by atoms with Crippen molar-refractivity contribution in [2.45, 2.75) is 12.5 Å². The molecular formula is C13H12Cl2O2S. The highest BCUT2D eigenvalue weighted by molar-refractivity contribution is 7.07. The maximum Gasteiger partial charge on any atom is 0.180 e. The number of methoxy groups -OCH3 is 1. The molecule has 0 spiro atoms. The predicted octanol–water partition coefficient (Wildman–Crippen LogP) is 4.73. The van der Waals surface area contributed by atoms with Gasteiger partial charge in [0.2, 0.25) is 0 Å². The van der Waals surface area contributed by atoms with Gasteiger partial charge in [-0.05, 0) is 40.1 Å². The average molecular weight is 303 g/mol. The van der Waals surface area contributed by atoms with Gasteiger partial charge < -0.3 is 9.47 Å². The van der Waals surface area contributed by atoms with Gasteiger partial charge >= 0.3 is 0 Å². The molecule has 1 aromatic heterocycles. The van der Waals surface area contributed by atoms with Gasteiger partial charge in [0.25, 0.3) is 0 Å². The summed E-state index contributed by atoms with van der Waals surface area (Å²) in [7, 11) is 1.58. The fraction of sp³-hybridized carbons (Fsp3) is 0.231. The molecular weight excluding hydrogens is 291 g/mol. The number of ether oxygens (including phenoxy) is 2. The summed E-state index contributed by atoms with van der Waals surface area (Å²) in [4.78, 5) is 0. The maximum absolute atomic E-state index is 6.17. The summed E-state index contributed by atoms with van der Waals surface area (Å²) in [6, 6.07) is 5.64. The van der Waals surface area contributed by atoms with Crippen LogP contribution in [0, 0.1) is 0 Å². The van der Waals surface area contributed by atoms with Crippen molar-refractivity contribution in [2.24, 2.45) is 0 Å². The zero-order valence-electron chi connectivity index (χ0n) is 9.78. The van der Waals surface area contributed by atoms with E-state index in [-0.39, 0.29) is 0 Å². The van der Waals surface area contributed by atoms with Crippen LogP contribution in [0.15, 0.2) is 29.0 Å². The smallest absolute Gasteiger partial charge is 0.180 e. The molecule has 0 aliphatic rings. The minimum absolute atomic E-state index is 0.390. The van der Waals surface area contributed by atoms with Crippen molar-refractivity contribution in [1.29, 1.82) is 0 Å². The Bertz CT molecular complexity index is 512. The van der Waals surface area contributed by atoms with Crippen LogP contribution in [0.4, 0.5) is 0 Å². The largest absolute Gasteiger partial charge is 0.493 e. The summed E-state index contributed by atoms with van der Waals surface area (Å²) in [5.74, 6) is 1.55. The summed E-state index contributed by atoms with van der Waals surface area (Å²) >= 11 is 13.6. The second-order valence-electron chi connectivity index (χ2n) is 3.66. The summed E-state index contributed by atoms with van der Waals surface area (Å²) in [5.41, 5.74) is 2.01. The number of thiophene rings is 1. The van der Waals surface area contributed by atoms with E-state index in [1.165, 1.54) is 0 Å². The average Bonchev–Trinajstić information content (AvgIpc) is 2.89. The first-order valence-corrected chi connectivity index (χ1v) is 7.16. The van der Waals surface area contributed by atoms with Gasteiger partial charge in [-0.25, -0.2) is 0 Å². The zero-order chi connectivity index (χ0) is 13.0. The molecule has 0 aliphatic heterocycles. The summed E-state index contributed by atoms with van der Waals surface area (Å²) < 4.78 is 11.0. The molecule has 0 radical (unpaired) electrons. The van der Waals surface area contributed by atoms with Crippen LogP contribution in [0.5, 0.6) is 11.5 Å². The monoisotopic (exact) mass is 302 g/mol. The standard InChI is InChI=1S/C13H12Cl2O2S/c1-16-12-5-10(6-14)4-11(15)13(12)17-7-9-2-3-18-8-9/h2-5,8H,6-7H2,1H3. The Kier molecular flexibility index (Phi) is 4.75. The lowest BCUT2D eigenvalue weighted by molar-refractivity contribution is 0.285. The molecule has 0 aliphatic carbocycles. The summed E-state index contributed by atoms with van der Waals surface area (Å²) in [6.07, 6.45) is 0. The van der Waals surface area contributed by atoms with Crippen LogP contribution in [-0.4, -0.2) is 7.11 Å². The van der Waals surface area contributed by atoms with E-state index >= 15 is 0 Å². The van der Waals surface area contributed by atoms with E-state index in [0.29, 0.717) is 29.0 Å². The highest BCUT2D eigenvalue weighted by Crippen LogP contribution is 2.37. The van der Waals surface area contributed by atoms with E-state index in [1.54, 1.807) is 24.5 Å². The maximum atomic E-state index is 6.17. The van der Waals surface area contributed by atoms with Crippen molar-refractivity contribution in [3.05, 3.63) is 45.1 Å². The lowest BCUT2D eigenvalue weighted by atomic mass is 10.2. The first kappa shape index (κ1) is 13.5. The number of hydrogen-bond donors (Lipinski definition) is 0. The first-order chi connectivity index (χ1) is 8.74. The van der Waals surface area contributed by atoms with Crippen LogP contribution >= 0.6 is 34.5 Å². The van der Waals surface area contributed by atoms with Gasteiger partial charge in [0.05, 0.1) is 12.1 Å². The molecule has 96 valence electrons. The Morgan fingerprint density at radius 2 is 2.11 bits per heavy atom. The Hall–Kier alpha value is -0.900. The van der Waals surface area contributed by atoms with Crippen molar-refractivity contribution in [2.75, 3.05) is 7.11 Å². The third-order valence-electron chi connectivity index (χ3n) is 2.41. The van der Waals surface area contributed by atoms with Crippen LogP contribution in [-0.2, 0) is 12.5 Å². The van der Waals surface area contributed by atoms with Crippen LogP contribution in [0.1, 0.15) is 11.1 Å². The highest BCUT2D eigenvalue weighted by atomic mass is 35.5. The molecule has 0 atom stereocenters. The molecule has 1 aromatic carbocycles. The summed E-state index contributed by atoms with van der Waals surface area (Å²) in [6.45, 7) is 0.472. The Morgan fingerprint density at radius 1 is 1.28 bits per heavy atom. The van der Waals surface area contributed by atoms with Crippen molar-refractivity contribution >= 4 is 34.5 Å². The van der Waals surface area contributed by atoms with Crippen LogP contribution < -0.4 is 9.47 Å². The van der Waals surface area contributed by atoms with E-state index in [0.717, 1.165) is 11.1 Å². The summed E-state index contributed by atoms with van der Waals surface area (Å²) in [5, 5.41) is 4.56. The van der Waals surface area contributed by atoms with Crippen LogP contribution in [0.3, 0.4) is 0 Å². The third kappa shape index (κ3) is 3.10. The Labute approximate surface area is 120 Å². The van der Waals surface area contributed by atoms with Crippen molar-refractivity contribution < 1.29 is 9.47 Å². The molecule has 2 rings (SSSR count). The molecule has 0 bridgehead atoms. The zero-order valence-corrected chi connectivity index (χ0v) is 12.1. The number of rotatable bonds is 5. The Morgan fingerprint density at radius 3 is 2.72 bits per heavy atom. The van der Waals surface area contributed by atoms with E-state index in [4.69, 9.17) is 32.7 Å². The van der Waals surface area contributed by atoms with E-state index in [2.05, 4.69) is 0 Å². The molecule has 0 saturated heterocycles. The van der Waals surface area contributed by atoms with Crippen molar-refractivity contribution in [3.63, 3.8) is 0 Å². The molecule has 5 heteroatoms. The first-order valence-electron chi connectivity index (χ1n) is 5.31. The van der Waals surface area contributed by atoms with E-state index in [1.807, 2.05) is 22.9 Å². The van der Waals surface area contributed by atoms with E-state index in [9.17, 15) is 0 Å². The normalized spacial score (nSPS) is 10.4. The highest BCUT2D eigenvalue weighted by Gasteiger charge is 2.12. The molecule has 2 nitrogen and oxygen atoms in total. The molecule has 0 unspecified atom stereocenters. The SMILES string of the molecule is COc1cc(CCl)cc(Cl)c1OCc1ccsc1. The molecule has 0 amide bonds. The number of alkyl halides is 1. The van der Waals surface area contributed by atoms with Gasteiger partial charge in [-0.3, -0.25) is 0 Å². The fourth-order valence-electron chi connectivity index (χ4n) is 1.52. The minimum Gasteiger partial charge on any atom is -0.493 e. The topological polar surface area (TPSA) is 18.5 Å². The van der Waals surface area contributed by atoms with Gasteiger partial charge in [-0.1, -0.05) is 11.6 Å². The second-order valence-corrected chi connectivity index (χ2v) is 5.12. The van der Waals surface area contributed by atoms with Gasteiger partial charge in [-0.2, -0.15) is 11.3 Å². The number of hydrogen-bond acceptors (Lipinski definition) is 3. The van der Waals surface area contributed by atoms with Gasteiger partial charge in [0.1, 0.15) is 6.61 Å². The number of halogens is 2. The van der Waals surface area contributed by atoms with Crippen molar-refractivity contribution in [1.82, 2.24) is 0 Å². The van der Waals surface area contributed by atoms with E-state index < -0.39 is 0 Å². The molecule has 2 aromatic rings. The lowest BCUT2D eigenvalue weighted by Gasteiger charge is -2.13. The van der Waals surface area contributed by atoms with Gasteiger partial charge in [0, 0.05) is 5.88 Å². The molecule has 0 saturated carbocycles. The van der Waals surface area contributed by atoms with Gasteiger partial charge in [0.15, 0.2) is 11.5 Å². The predicted molar refractivity (Wildman–Crippen MR) is 76.2 cm³/mol. The van der Waals surface area contributed by atoms with Crippen molar-refractivity contribution in [3.8, 4) is 11.5 Å². The quantitative estimate of drug-likeness (QED) is 0.744. The van der Waals surface area contributed by atoms with Gasteiger partial charge in [-0.15, -0.1) is 11.6 Å². The molecule has 1 heterocycles. The Balaban J connectivity index is 2.20. The molecule has 0 fully saturated rings. The van der Waals surface area contributed by atoms with Crippen LogP contribution in [0.25, 0.3) is 0 Å². The number of benzene rings is 1. The molecule has 18 heavy (non-hydrogen) atoms. The second kappa shape index (κ2) is 6.32. The van der Waals surface area contributed by atoms with Crippen LogP contribution in [0.2, 0.25) is 5.02 Å². The fourth-order valence-corrected chi connectivity index (χ4v) is 2.62. The molecule has 0 N–H and O–H groups in total. The minimum atomic E-state index is 0.390.